The predicted octanol–water partition coefficient (Wildman–Crippen LogP) is 1.18. The zero-order valence-electron chi connectivity index (χ0n) is 11.8. The minimum absolute atomic E-state index is 0.345. The maximum Gasteiger partial charge on any atom is 0.341 e. The molecule has 0 aliphatic rings. The van der Waals surface area contributed by atoms with Crippen LogP contribution in [0.3, 0.4) is 0 Å². The normalized spacial score (nSPS) is 10.8. The lowest BCUT2D eigenvalue weighted by Crippen LogP contribution is -2.18. The van der Waals surface area contributed by atoms with Crippen LogP contribution in [0.2, 0.25) is 0 Å². The highest BCUT2D eigenvalue weighted by atomic mass is 16.5. The number of hydrogen-bond acceptors (Lipinski definition) is 6. The van der Waals surface area contributed by atoms with Crippen molar-refractivity contribution in [2.75, 3.05) is 6.61 Å². The number of aromatic nitrogens is 3. The average Bonchev–Trinajstić information content (AvgIpc) is 2.97. The fraction of sp³-hybridized carbons (Fsp3) is 0.462. The molecule has 2 heterocycles. The van der Waals surface area contributed by atoms with E-state index in [4.69, 9.17) is 9.26 Å². The van der Waals surface area contributed by atoms with Gasteiger partial charge < -0.3 is 14.6 Å². The van der Waals surface area contributed by atoms with Crippen LogP contribution in [0.1, 0.15) is 34.4 Å². The van der Waals surface area contributed by atoms with Crippen molar-refractivity contribution in [3.63, 3.8) is 0 Å². The summed E-state index contributed by atoms with van der Waals surface area (Å²) in [5, 5.41) is 11.1. The molecule has 0 bridgehead atoms. The second-order valence-corrected chi connectivity index (χ2v) is 4.39. The van der Waals surface area contributed by atoms with Gasteiger partial charge in [0.1, 0.15) is 5.56 Å². The second-order valence-electron chi connectivity index (χ2n) is 4.39. The van der Waals surface area contributed by atoms with Crippen LogP contribution in [-0.4, -0.2) is 27.5 Å². The van der Waals surface area contributed by atoms with Gasteiger partial charge in [-0.15, -0.1) is 0 Å². The van der Waals surface area contributed by atoms with E-state index >= 15 is 0 Å². The number of carbonyl (C=O) groups excluding carboxylic acids is 1. The SMILES string of the molecule is CCOC(=O)c1cnn(C)c1CNCc1cc(C)no1. The standard InChI is InChI=1S/C13H18N4O3/c1-4-19-13(18)11-7-15-17(3)12(11)8-14-6-10-5-9(2)16-20-10/h5,7,14H,4,6,8H2,1-3H3. The van der Waals surface area contributed by atoms with Crippen molar-refractivity contribution in [3.8, 4) is 0 Å². The molecule has 0 fully saturated rings. The number of rotatable bonds is 6. The summed E-state index contributed by atoms with van der Waals surface area (Å²) in [6.07, 6.45) is 1.52. The minimum Gasteiger partial charge on any atom is -0.462 e. The van der Waals surface area contributed by atoms with Crippen LogP contribution in [0.5, 0.6) is 0 Å². The Balaban J connectivity index is 1.98. The van der Waals surface area contributed by atoms with Crippen molar-refractivity contribution in [2.24, 2.45) is 7.05 Å². The third-order valence-electron chi connectivity index (χ3n) is 2.83. The van der Waals surface area contributed by atoms with Crippen molar-refractivity contribution >= 4 is 5.97 Å². The van der Waals surface area contributed by atoms with E-state index in [0.717, 1.165) is 17.1 Å². The van der Waals surface area contributed by atoms with Crippen LogP contribution in [-0.2, 0) is 24.9 Å². The number of ether oxygens (including phenoxy) is 1. The molecule has 7 nitrogen and oxygen atoms in total. The number of carbonyl (C=O) groups is 1. The molecule has 0 amide bonds. The highest BCUT2D eigenvalue weighted by Gasteiger charge is 2.16. The molecule has 0 spiro atoms. The molecule has 0 atom stereocenters. The van der Waals surface area contributed by atoms with E-state index in [1.54, 1.807) is 18.7 Å². The van der Waals surface area contributed by atoms with E-state index in [-0.39, 0.29) is 5.97 Å². The Bertz CT molecular complexity index is 588. The largest absolute Gasteiger partial charge is 0.462 e. The van der Waals surface area contributed by atoms with E-state index in [1.807, 2.05) is 13.0 Å². The Morgan fingerprint density at radius 2 is 2.30 bits per heavy atom. The Labute approximate surface area is 116 Å². The molecule has 1 N–H and O–H groups in total. The first-order valence-corrected chi connectivity index (χ1v) is 6.42. The third kappa shape index (κ3) is 3.24. The molecular formula is C13H18N4O3. The molecule has 20 heavy (non-hydrogen) atoms. The summed E-state index contributed by atoms with van der Waals surface area (Å²) in [4.78, 5) is 11.8. The summed E-state index contributed by atoms with van der Waals surface area (Å²) in [6.45, 7) is 5.02. The molecule has 108 valence electrons. The summed E-state index contributed by atoms with van der Waals surface area (Å²) < 4.78 is 11.8. The van der Waals surface area contributed by atoms with Crippen LogP contribution in [0.15, 0.2) is 16.8 Å². The average molecular weight is 278 g/mol. The first kappa shape index (κ1) is 14.3. The maximum absolute atomic E-state index is 11.8. The Morgan fingerprint density at radius 1 is 1.50 bits per heavy atom. The lowest BCUT2D eigenvalue weighted by atomic mass is 10.2. The van der Waals surface area contributed by atoms with Gasteiger partial charge in [0.05, 0.1) is 30.7 Å². The van der Waals surface area contributed by atoms with Gasteiger partial charge in [0, 0.05) is 19.7 Å². The van der Waals surface area contributed by atoms with E-state index in [2.05, 4.69) is 15.6 Å². The molecule has 0 unspecified atom stereocenters. The fourth-order valence-corrected chi connectivity index (χ4v) is 1.86. The van der Waals surface area contributed by atoms with Crippen molar-refractivity contribution in [2.45, 2.75) is 26.9 Å². The van der Waals surface area contributed by atoms with Crippen LogP contribution in [0, 0.1) is 6.92 Å². The van der Waals surface area contributed by atoms with Crippen LogP contribution in [0.4, 0.5) is 0 Å². The van der Waals surface area contributed by atoms with E-state index in [0.29, 0.717) is 25.3 Å². The van der Waals surface area contributed by atoms with Gasteiger partial charge in [-0.3, -0.25) is 4.68 Å². The van der Waals surface area contributed by atoms with Gasteiger partial charge in [-0.25, -0.2) is 4.79 Å². The molecule has 0 aliphatic carbocycles. The molecule has 2 aromatic heterocycles. The van der Waals surface area contributed by atoms with Crippen molar-refractivity contribution in [3.05, 3.63) is 35.0 Å². The third-order valence-corrected chi connectivity index (χ3v) is 2.83. The number of nitrogens with one attached hydrogen (secondary N) is 1. The molecule has 0 aliphatic heterocycles. The first-order valence-electron chi connectivity index (χ1n) is 6.42. The van der Waals surface area contributed by atoms with E-state index < -0.39 is 0 Å². The summed E-state index contributed by atoms with van der Waals surface area (Å²) in [5.74, 6) is 0.398. The van der Waals surface area contributed by atoms with Gasteiger partial charge in [0.2, 0.25) is 0 Å². The summed E-state index contributed by atoms with van der Waals surface area (Å²) in [6, 6.07) is 1.86. The number of aryl methyl sites for hydroxylation is 2. The zero-order chi connectivity index (χ0) is 14.5. The smallest absolute Gasteiger partial charge is 0.341 e. The topological polar surface area (TPSA) is 82.2 Å². The first-order chi connectivity index (χ1) is 9.61. The van der Waals surface area contributed by atoms with Gasteiger partial charge in [0.15, 0.2) is 5.76 Å². The van der Waals surface area contributed by atoms with Crippen LogP contribution < -0.4 is 5.32 Å². The van der Waals surface area contributed by atoms with Gasteiger partial charge in [-0.05, 0) is 13.8 Å². The van der Waals surface area contributed by atoms with Crippen molar-refractivity contribution in [1.29, 1.82) is 0 Å². The summed E-state index contributed by atoms with van der Waals surface area (Å²) in [5.41, 5.74) is 2.10. The van der Waals surface area contributed by atoms with Gasteiger partial charge in [0.25, 0.3) is 0 Å². The van der Waals surface area contributed by atoms with Gasteiger partial charge in [-0.2, -0.15) is 5.10 Å². The fourth-order valence-electron chi connectivity index (χ4n) is 1.86. The van der Waals surface area contributed by atoms with Crippen molar-refractivity contribution in [1.82, 2.24) is 20.3 Å². The number of hydrogen-bond donors (Lipinski definition) is 1. The number of nitrogens with zero attached hydrogens (tertiary/aromatic N) is 3. The highest BCUT2D eigenvalue weighted by Crippen LogP contribution is 2.10. The molecule has 2 aromatic rings. The molecule has 0 radical (unpaired) electrons. The maximum atomic E-state index is 11.8. The van der Waals surface area contributed by atoms with Crippen molar-refractivity contribution < 1.29 is 14.1 Å². The minimum atomic E-state index is -0.354. The van der Waals surface area contributed by atoms with E-state index in [9.17, 15) is 4.79 Å². The molecule has 2 rings (SSSR count). The molecular weight excluding hydrogens is 260 g/mol. The molecule has 0 saturated heterocycles. The van der Waals surface area contributed by atoms with Gasteiger partial charge in [-0.1, -0.05) is 5.16 Å². The Hall–Kier alpha value is -2.15. The molecule has 7 heteroatoms. The van der Waals surface area contributed by atoms with Crippen LogP contribution >= 0.6 is 0 Å². The highest BCUT2D eigenvalue weighted by molar-refractivity contribution is 5.90. The number of esters is 1. The van der Waals surface area contributed by atoms with E-state index in [1.165, 1.54) is 6.20 Å². The zero-order valence-corrected chi connectivity index (χ0v) is 11.8. The lowest BCUT2D eigenvalue weighted by Gasteiger charge is -2.06. The second kappa shape index (κ2) is 6.33. The lowest BCUT2D eigenvalue weighted by molar-refractivity contribution is 0.0524. The quantitative estimate of drug-likeness (QED) is 0.799. The summed E-state index contributed by atoms with van der Waals surface area (Å²) >= 11 is 0. The Morgan fingerprint density at radius 3 is 2.95 bits per heavy atom. The molecule has 0 saturated carbocycles. The van der Waals surface area contributed by atoms with Gasteiger partial charge >= 0.3 is 5.97 Å². The summed E-state index contributed by atoms with van der Waals surface area (Å²) in [7, 11) is 1.79. The van der Waals surface area contributed by atoms with Crippen LogP contribution in [0.25, 0.3) is 0 Å². The molecule has 0 aromatic carbocycles. The predicted molar refractivity (Wildman–Crippen MR) is 70.9 cm³/mol. The Kier molecular flexibility index (Phi) is 4.52. The monoisotopic (exact) mass is 278 g/mol.